The van der Waals surface area contributed by atoms with Crippen LogP contribution in [0.2, 0.25) is 0 Å². The zero-order valence-corrected chi connectivity index (χ0v) is 15.1. The molecule has 0 saturated carbocycles. The van der Waals surface area contributed by atoms with Gasteiger partial charge in [0, 0.05) is 23.3 Å². The van der Waals surface area contributed by atoms with Crippen molar-refractivity contribution in [2.75, 3.05) is 0 Å². The van der Waals surface area contributed by atoms with E-state index in [1.54, 1.807) is 40.4 Å². The summed E-state index contributed by atoms with van der Waals surface area (Å²) in [5.74, 6) is -0.478. The van der Waals surface area contributed by atoms with Gasteiger partial charge < -0.3 is 5.32 Å². The summed E-state index contributed by atoms with van der Waals surface area (Å²) in [6, 6.07) is 10.2. The number of amides is 1. The van der Waals surface area contributed by atoms with Gasteiger partial charge in [-0.3, -0.25) is 14.2 Å². The SMILES string of the molecule is O=C(NCc1ccccn1)c1nc2sccn2c1-c1cccc(C(F)(F)F)c1. The summed E-state index contributed by atoms with van der Waals surface area (Å²) in [7, 11) is 0. The van der Waals surface area contributed by atoms with Crippen LogP contribution in [0.5, 0.6) is 0 Å². The summed E-state index contributed by atoms with van der Waals surface area (Å²) in [5, 5.41) is 4.49. The van der Waals surface area contributed by atoms with Crippen LogP contribution in [0, 0.1) is 0 Å². The number of carbonyl (C=O) groups is 1. The summed E-state index contributed by atoms with van der Waals surface area (Å²) in [5.41, 5.74) is 0.541. The summed E-state index contributed by atoms with van der Waals surface area (Å²) >= 11 is 1.30. The van der Waals surface area contributed by atoms with Crippen molar-refractivity contribution in [3.8, 4) is 11.3 Å². The summed E-state index contributed by atoms with van der Waals surface area (Å²) in [4.78, 5) is 21.7. The second-order valence-corrected chi connectivity index (χ2v) is 6.82. The smallest absolute Gasteiger partial charge is 0.345 e. The monoisotopic (exact) mass is 402 g/mol. The van der Waals surface area contributed by atoms with E-state index in [-0.39, 0.29) is 17.8 Å². The fourth-order valence-corrected chi connectivity index (χ4v) is 3.53. The van der Waals surface area contributed by atoms with Crippen LogP contribution >= 0.6 is 11.3 Å². The molecule has 4 rings (SSSR count). The fourth-order valence-electron chi connectivity index (χ4n) is 2.82. The fraction of sp³-hybridized carbons (Fsp3) is 0.105. The number of aromatic nitrogens is 3. The molecule has 1 amide bonds. The number of nitrogens with zero attached hydrogens (tertiary/aromatic N) is 3. The molecule has 0 fully saturated rings. The van der Waals surface area contributed by atoms with Gasteiger partial charge in [-0.2, -0.15) is 13.2 Å². The number of fused-ring (bicyclic) bond motifs is 1. The molecule has 9 heteroatoms. The van der Waals surface area contributed by atoms with E-state index in [9.17, 15) is 18.0 Å². The molecule has 3 aromatic heterocycles. The van der Waals surface area contributed by atoms with E-state index in [0.29, 0.717) is 16.3 Å². The number of hydrogen-bond donors (Lipinski definition) is 1. The second-order valence-electron chi connectivity index (χ2n) is 5.95. The van der Waals surface area contributed by atoms with Gasteiger partial charge in [-0.1, -0.05) is 18.2 Å². The summed E-state index contributed by atoms with van der Waals surface area (Å²) in [6.07, 6.45) is -1.18. The van der Waals surface area contributed by atoms with Gasteiger partial charge in [0.25, 0.3) is 5.91 Å². The molecule has 0 aliphatic carbocycles. The molecule has 0 aliphatic rings. The van der Waals surface area contributed by atoms with Gasteiger partial charge in [0.1, 0.15) is 0 Å². The molecule has 0 unspecified atom stereocenters. The number of thiazole rings is 1. The van der Waals surface area contributed by atoms with Gasteiger partial charge in [-0.05, 0) is 24.3 Å². The molecule has 3 heterocycles. The molecule has 28 heavy (non-hydrogen) atoms. The number of carbonyl (C=O) groups excluding carboxylic acids is 1. The van der Waals surface area contributed by atoms with Crippen LogP contribution in [0.3, 0.4) is 0 Å². The predicted molar refractivity (Wildman–Crippen MR) is 98.9 cm³/mol. The topological polar surface area (TPSA) is 59.3 Å². The summed E-state index contributed by atoms with van der Waals surface area (Å²) in [6.45, 7) is 0.187. The molecule has 1 aromatic carbocycles. The molecule has 0 bridgehead atoms. The molecule has 1 N–H and O–H groups in total. The normalized spacial score (nSPS) is 11.7. The van der Waals surface area contributed by atoms with Gasteiger partial charge in [0.2, 0.25) is 0 Å². The van der Waals surface area contributed by atoms with Crippen LogP contribution in [-0.4, -0.2) is 20.3 Å². The third-order valence-corrected chi connectivity index (χ3v) is 4.85. The minimum absolute atomic E-state index is 0.0714. The molecule has 0 aliphatic heterocycles. The molecule has 142 valence electrons. The van der Waals surface area contributed by atoms with E-state index < -0.39 is 17.6 Å². The highest BCUT2D eigenvalue weighted by atomic mass is 32.1. The number of halogens is 3. The van der Waals surface area contributed by atoms with Gasteiger partial charge in [-0.25, -0.2) is 4.98 Å². The maximum atomic E-state index is 13.1. The lowest BCUT2D eigenvalue weighted by atomic mass is 10.1. The van der Waals surface area contributed by atoms with Crippen molar-refractivity contribution in [1.82, 2.24) is 19.7 Å². The quantitative estimate of drug-likeness (QED) is 0.550. The highest BCUT2D eigenvalue weighted by Gasteiger charge is 2.31. The van der Waals surface area contributed by atoms with E-state index in [2.05, 4.69) is 15.3 Å². The van der Waals surface area contributed by atoms with Crippen LogP contribution in [-0.2, 0) is 12.7 Å². The second kappa shape index (κ2) is 7.08. The van der Waals surface area contributed by atoms with Crippen LogP contribution in [0.4, 0.5) is 13.2 Å². The molecule has 4 aromatic rings. The van der Waals surface area contributed by atoms with Gasteiger partial charge in [0.15, 0.2) is 10.7 Å². The highest BCUT2D eigenvalue weighted by Crippen LogP contribution is 2.34. The average molecular weight is 402 g/mol. The maximum Gasteiger partial charge on any atom is 0.416 e. The number of nitrogens with one attached hydrogen (secondary N) is 1. The summed E-state index contributed by atoms with van der Waals surface area (Å²) < 4.78 is 41.0. The van der Waals surface area contributed by atoms with Gasteiger partial charge in [-0.15, -0.1) is 11.3 Å². The Balaban J connectivity index is 1.72. The zero-order chi connectivity index (χ0) is 19.7. The third kappa shape index (κ3) is 3.48. The lowest BCUT2D eigenvalue weighted by Gasteiger charge is -2.10. The van der Waals surface area contributed by atoms with Crippen molar-refractivity contribution < 1.29 is 18.0 Å². The Kier molecular flexibility index (Phi) is 4.60. The number of pyridine rings is 1. The third-order valence-electron chi connectivity index (χ3n) is 4.10. The van der Waals surface area contributed by atoms with E-state index >= 15 is 0 Å². The molecule has 0 atom stereocenters. The minimum Gasteiger partial charge on any atom is -0.345 e. The van der Waals surface area contributed by atoms with E-state index in [1.807, 2.05) is 0 Å². The van der Waals surface area contributed by atoms with Gasteiger partial charge >= 0.3 is 6.18 Å². The first-order chi connectivity index (χ1) is 13.4. The van der Waals surface area contributed by atoms with Crippen LogP contribution < -0.4 is 5.32 Å². The molecule has 5 nitrogen and oxygen atoms in total. The van der Waals surface area contributed by atoms with Crippen molar-refractivity contribution in [1.29, 1.82) is 0 Å². The first kappa shape index (κ1) is 18.2. The Morgan fingerprint density at radius 2 is 2.04 bits per heavy atom. The predicted octanol–water partition coefficient (Wildman–Crippen LogP) is 4.41. The van der Waals surface area contributed by atoms with Gasteiger partial charge in [0.05, 0.1) is 23.5 Å². The minimum atomic E-state index is -4.48. The number of rotatable bonds is 4. The molecular weight excluding hydrogens is 389 g/mol. The number of hydrogen-bond acceptors (Lipinski definition) is 4. The standard InChI is InChI=1S/C19H13F3N4OS/c20-19(21,22)13-5-3-4-12(10-13)16-15(25-18-26(16)8-9-28-18)17(27)24-11-14-6-1-2-7-23-14/h1-10H,11H2,(H,24,27). The molecular formula is C19H13F3N4OS. The van der Waals surface area contributed by atoms with Crippen LogP contribution in [0.25, 0.3) is 16.2 Å². The number of benzene rings is 1. The molecule has 0 radical (unpaired) electrons. The highest BCUT2D eigenvalue weighted by molar-refractivity contribution is 7.15. The van der Waals surface area contributed by atoms with Crippen molar-refractivity contribution in [3.63, 3.8) is 0 Å². The van der Waals surface area contributed by atoms with E-state index in [1.165, 1.54) is 23.5 Å². The Morgan fingerprint density at radius 3 is 2.79 bits per heavy atom. The van der Waals surface area contributed by atoms with Crippen molar-refractivity contribution >= 4 is 22.2 Å². The Labute approximate surface area is 161 Å². The van der Waals surface area contributed by atoms with Crippen molar-refractivity contribution in [3.05, 3.63) is 77.2 Å². The van der Waals surface area contributed by atoms with Crippen LogP contribution in [0.15, 0.2) is 60.2 Å². The van der Waals surface area contributed by atoms with E-state index in [0.717, 1.165) is 12.1 Å². The first-order valence-corrected chi connectivity index (χ1v) is 9.13. The largest absolute Gasteiger partial charge is 0.416 e. The molecule has 0 saturated heterocycles. The number of imidazole rings is 1. The molecule has 0 spiro atoms. The lowest BCUT2D eigenvalue weighted by molar-refractivity contribution is -0.137. The Morgan fingerprint density at radius 1 is 1.18 bits per heavy atom. The maximum absolute atomic E-state index is 13.1. The lowest BCUT2D eigenvalue weighted by Crippen LogP contribution is -2.24. The van der Waals surface area contributed by atoms with Crippen molar-refractivity contribution in [2.24, 2.45) is 0 Å². The first-order valence-electron chi connectivity index (χ1n) is 8.25. The van der Waals surface area contributed by atoms with Crippen LogP contribution in [0.1, 0.15) is 21.7 Å². The Bertz CT molecular complexity index is 1140. The van der Waals surface area contributed by atoms with E-state index in [4.69, 9.17) is 0 Å². The number of alkyl halides is 3. The average Bonchev–Trinajstić information content (AvgIpc) is 3.27. The Hall–Kier alpha value is -3.20. The zero-order valence-electron chi connectivity index (χ0n) is 14.3. The van der Waals surface area contributed by atoms with Crippen molar-refractivity contribution in [2.45, 2.75) is 12.7 Å².